The van der Waals surface area contributed by atoms with Crippen LogP contribution in [0.25, 0.3) is 0 Å². The van der Waals surface area contributed by atoms with E-state index >= 15 is 0 Å². The van der Waals surface area contributed by atoms with Gasteiger partial charge in [0.1, 0.15) is 5.75 Å². The van der Waals surface area contributed by atoms with Crippen LogP contribution in [0.3, 0.4) is 0 Å². The van der Waals surface area contributed by atoms with Crippen LogP contribution in [0, 0.1) is 0 Å². The Balaban J connectivity index is 2.53. The molecule has 11 heavy (non-hydrogen) atoms. The second-order valence-corrected chi connectivity index (χ2v) is 3.00. The van der Waals surface area contributed by atoms with Crippen LogP contribution in [0.1, 0.15) is 5.56 Å². The number of hydrazone groups is 1. The number of benzene rings is 1. The van der Waals surface area contributed by atoms with Crippen LogP contribution < -0.4 is 4.83 Å². The Morgan fingerprint density at radius 2 is 2.36 bits per heavy atom. The van der Waals surface area contributed by atoms with Gasteiger partial charge >= 0.3 is 0 Å². The van der Waals surface area contributed by atoms with Crippen molar-refractivity contribution in [2.24, 2.45) is 5.10 Å². The zero-order chi connectivity index (χ0) is 7.68. The highest BCUT2D eigenvalue weighted by molar-refractivity contribution is 7.97. The van der Waals surface area contributed by atoms with Gasteiger partial charge in [0.2, 0.25) is 0 Å². The Hall–Kier alpha value is -1.16. The summed E-state index contributed by atoms with van der Waals surface area (Å²) in [5, 5.41) is 13.0. The molecule has 0 fully saturated rings. The van der Waals surface area contributed by atoms with E-state index in [1.165, 1.54) is 11.9 Å². The van der Waals surface area contributed by atoms with Crippen molar-refractivity contribution in [3.63, 3.8) is 0 Å². The van der Waals surface area contributed by atoms with Crippen LogP contribution >= 0.6 is 11.9 Å². The van der Waals surface area contributed by atoms with Gasteiger partial charge in [0.05, 0.1) is 6.21 Å². The third-order valence-corrected chi connectivity index (χ3v) is 2.18. The van der Waals surface area contributed by atoms with E-state index in [1.807, 2.05) is 6.07 Å². The lowest BCUT2D eigenvalue weighted by molar-refractivity contribution is 0.473. The van der Waals surface area contributed by atoms with Crippen LogP contribution in [0.15, 0.2) is 28.2 Å². The van der Waals surface area contributed by atoms with E-state index in [-0.39, 0.29) is 5.75 Å². The number of phenolic OH excluding ortho intramolecular Hbond substituents is 1. The molecule has 2 N–H and O–H groups in total. The summed E-state index contributed by atoms with van der Waals surface area (Å²) in [6.07, 6.45) is 1.73. The van der Waals surface area contributed by atoms with Gasteiger partial charge in [-0.15, -0.1) is 0 Å². The van der Waals surface area contributed by atoms with Gasteiger partial charge in [0.25, 0.3) is 0 Å². The molecule has 56 valence electrons. The maximum atomic E-state index is 9.10. The molecule has 0 amide bonds. The predicted molar refractivity (Wildman–Crippen MR) is 44.7 cm³/mol. The van der Waals surface area contributed by atoms with Crippen molar-refractivity contribution >= 4 is 18.2 Å². The Kier molecular flexibility index (Phi) is 1.47. The molecule has 1 aliphatic rings. The predicted octanol–water partition coefficient (Wildman–Crippen LogP) is 1.34. The maximum absolute atomic E-state index is 9.10. The zero-order valence-electron chi connectivity index (χ0n) is 5.61. The number of hydrogen-bond donors (Lipinski definition) is 2. The summed E-state index contributed by atoms with van der Waals surface area (Å²) in [4.78, 5) is 3.74. The van der Waals surface area contributed by atoms with Crippen molar-refractivity contribution in [2.75, 3.05) is 0 Å². The van der Waals surface area contributed by atoms with Gasteiger partial charge in [0, 0.05) is 22.4 Å². The fourth-order valence-corrected chi connectivity index (χ4v) is 1.51. The number of rotatable bonds is 0. The summed E-state index contributed by atoms with van der Waals surface area (Å²) >= 11 is 1.39. The third-order valence-electron chi connectivity index (χ3n) is 1.41. The van der Waals surface area contributed by atoms with Crippen molar-refractivity contribution in [3.8, 4) is 5.75 Å². The topological polar surface area (TPSA) is 44.6 Å². The van der Waals surface area contributed by atoms with E-state index in [2.05, 4.69) is 9.93 Å². The largest absolute Gasteiger partial charge is 0.508 e. The number of nitrogens with one attached hydrogen (secondary N) is 1. The first-order chi connectivity index (χ1) is 5.36. The standard InChI is InChI=1S/C7H6N2OS/c10-6-2-1-5-4-8-9-11-7(5)3-6/h1-4,9-10H. The number of phenols is 1. The van der Waals surface area contributed by atoms with Crippen LogP contribution in [-0.4, -0.2) is 11.3 Å². The van der Waals surface area contributed by atoms with E-state index in [0.717, 1.165) is 10.5 Å². The molecule has 0 unspecified atom stereocenters. The maximum Gasteiger partial charge on any atom is 0.116 e. The van der Waals surface area contributed by atoms with Gasteiger partial charge in [-0.2, -0.15) is 5.10 Å². The second-order valence-electron chi connectivity index (χ2n) is 2.17. The van der Waals surface area contributed by atoms with E-state index in [1.54, 1.807) is 18.3 Å². The summed E-state index contributed by atoms with van der Waals surface area (Å²) in [6.45, 7) is 0. The highest BCUT2D eigenvalue weighted by Crippen LogP contribution is 2.25. The van der Waals surface area contributed by atoms with Gasteiger partial charge in [0.15, 0.2) is 0 Å². The molecule has 0 spiro atoms. The molecule has 0 bridgehead atoms. The van der Waals surface area contributed by atoms with E-state index < -0.39 is 0 Å². The molecule has 0 atom stereocenters. The minimum absolute atomic E-state index is 0.286. The lowest BCUT2D eigenvalue weighted by atomic mass is 10.2. The molecule has 0 aliphatic carbocycles. The highest BCUT2D eigenvalue weighted by atomic mass is 32.2. The summed E-state index contributed by atoms with van der Waals surface area (Å²) in [5.74, 6) is 0.286. The monoisotopic (exact) mass is 166 g/mol. The van der Waals surface area contributed by atoms with Crippen molar-refractivity contribution in [1.82, 2.24) is 4.83 Å². The Labute approximate surface area is 68.3 Å². The first kappa shape index (κ1) is 6.54. The summed E-state index contributed by atoms with van der Waals surface area (Å²) in [6, 6.07) is 5.19. The van der Waals surface area contributed by atoms with E-state index in [0.29, 0.717) is 0 Å². The minimum atomic E-state index is 0.286. The molecule has 1 aromatic rings. The summed E-state index contributed by atoms with van der Waals surface area (Å²) in [7, 11) is 0. The van der Waals surface area contributed by atoms with Crippen molar-refractivity contribution in [3.05, 3.63) is 23.8 Å². The molecule has 0 radical (unpaired) electrons. The number of aromatic hydroxyl groups is 1. The number of fused-ring (bicyclic) bond motifs is 1. The van der Waals surface area contributed by atoms with Crippen molar-refractivity contribution in [2.45, 2.75) is 4.90 Å². The first-order valence-corrected chi connectivity index (χ1v) is 3.96. The van der Waals surface area contributed by atoms with Crippen LogP contribution in [-0.2, 0) is 0 Å². The molecule has 1 aliphatic heterocycles. The van der Waals surface area contributed by atoms with Crippen LogP contribution in [0.2, 0.25) is 0 Å². The molecule has 3 nitrogen and oxygen atoms in total. The Morgan fingerprint density at radius 3 is 3.27 bits per heavy atom. The van der Waals surface area contributed by atoms with Gasteiger partial charge < -0.3 is 5.11 Å². The number of hydrogen-bond acceptors (Lipinski definition) is 4. The van der Waals surface area contributed by atoms with Gasteiger partial charge in [-0.1, -0.05) is 0 Å². The highest BCUT2D eigenvalue weighted by Gasteiger charge is 2.05. The van der Waals surface area contributed by atoms with Crippen molar-refractivity contribution < 1.29 is 5.11 Å². The molecule has 1 aromatic carbocycles. The quantitative estimate of drug-likeness (QED) is 0.571. The summed E-state index contributed by atoms with van der Waals surface area (Å²) in [5.41, 5.74) is 1.03. The average Bonchev–Trinajstić information content (AvgIpc) is 2.04. The SMILES string of the molecule is Oc1ccc2c(c1)SNN=C2. The summed E-state index contributed by atoms with van der Waals surface area (Å²) < 4.78 is 0. The molecule has 0 saturated heterocycles. The lowest BCUT2D eigenvalue weighted by Gasteiger charge is -2.08. The van der Waals surface area contributed by atoms with E-state index in [9.17, 15) is 0 Å². The van der Waals surface area contributed by atoms with E-state index in [4.69, 9.17) is 5.11 Å². The third kappa shape index (κ3) is 1.17. The Bertz CT molecular complexity index is 311. The molecule has 1 heterocycles. The molecule has 0 aromatic heterocycles. The second kappa shape index (κ2) is 2.47. The smallest absolute Gasteiger partial charge is 0.116 e. The fraction of sp³-hybridized carbons (Fsp3) is 0. The molecule has 0 saturated carbocycles. The van der Waals surface area contributed by atoms with Gasteiger partial charge in [-0.25, -0.2) is 4.83 Å². The van der Waals surface area contributed by atoms with Crippen LogP contribution in [0.4, 0.5) is 0 Å². The molecule has 2 rings (SSSR count). The average molecular weight is 166 g/mol. The Morgan fingerprint density at radius 1 is 1.45 bits per heavy atom. The minimum Gasteiger partial charge on any atom is -0.508 e. The number of nitrogens with zero attached hydrogens (tertiary/aromatic N) is 1. The van der Waals surface area contributed by atoms with Crippen molar-refractivity contribution in [1.29, 1.82) is 0 Å². The van der Waals surface area contributed by atoms with Gasteiger partial charge in [-0.3, -0.25) is 0 Å². The van der Waals surface area contributed by atoms with Crippen LogP contribution in [0.5, 0.6) is 5.75 Å². The molecular formula is C7H6N2OS. The fourth-order valence-electron chi connectivity index (χ4n) is 0.890. The molecule has 4 heteroatoms. The normalized spacial score (nSPS) is 13.8. The lowest BCUT2D eigenvalue weighted by Crippen LogP contribution is -2.01. The first-order valence-electron chi connectivity index (χ1n) is 3.14. The zero-order valence-corrected chi connectivity index (χ0v) is 6.43. The van der Waals surface area contributed by atoms with Gasteiger partial charge in [-0.05, 0) is 18.2 Å². The molecular weight excluding hydrogens is 160 g/mol.